The number of hydrogen-bond donors (Lipinski definition) is 2. The summed E-state index contributed by atoms with van der Waals surface area (Å²) in [6.07, 6.45) is -4.74. The zero-order valence-electron chi connectivity index (χ0n) is 14.3. The predicted octanol–water partition coefficient (Wildman–Crippen LogP) is 4.00. The lowest BCUT2D eigenvalue weighted by atomic mass is 10.1. The lowest BCUT2D eigenvalue weighted by Gasteiger charge is -2.12. The van der Waals surface area contributed by atoms with Crippen molar-refractivity contribution in [3.8, 4) is 16.9 Å². The van der Waals surface area contributed by atoms with Crippen LogP contribution in [-0.2, 0) is 22.8 Å². The Balaban J connectivity index is 2.28. The molecule has 0 saturated heterocycles. The molecule has 2 aromatic carbocycles. The molecule has 0 aliphatic carbocycles. The summed E-state index contributed by atoms with van der Waals surface area (Å²) >= 11 is 12.0. The number of aliphatic hydroxyl groups is 1. The number of aliphatic hydroxyl groups excluding tert-OH is 1. The summed E-state index contributed by atoms with van der Waals surface area (Å²) in [6, 6.07) is 8.55. The minimum atomic E-state index is -4.74. The molecule has 0 amide bonds. The van der Waals surface area contributed by atoms with Crippen LogP contribution in [0.2, 0.25) is 10.0 Å². The molecule has 0 aliphatic rings. The Morgan fingerprint density at radius 1 is 1.10 bits per heavy atom. The first kappa shape index (κ1) is 21.6. The molecule has 12 heteroatoms. The molecule has 3 aromatic rings. The highest BCUT2D eigenvalue weighted by Gasteiger charge is 2.35. The van der Waals surface area contributed by atoms with Gasteiger partial charge in [0.25, 0.3) is 0 Å². The van der Waals surface area contributed by atoms with Crippen molar-refractivity contribution < 1.29 is 26.7 Å². The Bertz CT molecular complexity index is 1190. The van der Waals surface area contributed by atoms with Crippen molar-refractivity contribution in [3.05, 3.63) is 63.8 Å². The van der Waals surface area contributed by atoms with Gasteiger partial charge in [-0.05, 0) is 48.0 Å². The number of benzene rings is 2. The van der Waals surface area contributed by atoms with E-state index in [2.05, 4.69) is 5.10 Å². The maximum absolute atomic E-state index is 13.3. The van der Waals surface area contributed by atoms with Crippen LogP contribution in [0, 0.1) is 0 Å². The third-order valence-corrected chi connectivity index (χ3v) is 5.53. The van der Waals surface area contributed by atoms with E-state index in [0.717, 1.165) is 16.8 Å². The SMILES string of the molecule is NS(=O)(=O)c1ccc(-n2nc(C(F)(F)F)cc2-c2ccc(Cl)cc2Cl)cc1CO. The highest BCUT2D eigenvalue weighted by atomic mass is 35.5. The third-order valence-electron chi connectivity index (χ3n) is 3.97. The van der Waals surface area contributed by atoms with Crippen LogP contribution in [0.5, 0.6) is 0 Å². The van der Waals surface area contributed by atoms with Gasteiger partial charge in [-0.25, -0.2) is 18.2 Å². The molecule has 0 unspecified atom stereocenters. The quantitative estimate of drug-likeness (QED) is 0.608. The van der Waals surface area contributed by atoms with Crippen molar-refractivity contribution in [2.45, 2.75) is 17.7 Å². The maximum atomic E-state index is 13.3. The summed E-state index contributed by atoms with van der Waals surface area (Å²) in [6.45, 7) is -0.704. The molecule has 154 valence electrons. The number of alkyl halides is 3. The van der Waals surface area contributed by atoms with Crippen molar-refractivity contribution in [2.24, 2.45) is 5.14 Å². The van der Waals surface area contributed by atoms with Gasteiger partial charge in [0, 0.05) is 10.6 Å². The van der Waals surface area contributed by atoms with E-state index in [1.165, 1.54) is 30.3 Å². The second kappa shape index (κ2) is 7.62. The highest BCUT2D eigenvalue weighted by molar-refractivity contribution is 7.89. The number of primary sulfonamides is 1. The lowest BCUT2D eigenvalue weighted by molar-refractivity contribution is -0.141. The Morgan fingerprint density at radius 2 is 1.79 bits per heavy atom. The zero-order valence-corrected chi connectivity index (χ0v) is 16.6. The average molecular weight is 466 g/mol. The van der Waals surface area contributed by atoms with Gasteiger partial charge in [-0.2, -0.15) is 18.3 Å². The normalized spacial score (nSPS) is 12.4. The first-order chi connectivity index (χ1) is 13.4. The number of aromatic nitrogens is 2. The van der Waals surface area contributed by atoms with E-state index in [-0.39, 0.29) is 32.4 Å². The highest BCUT2D eigenvalue weighted by Crippen LogP contribution is 2.37. The van der Waals surface area contributed by atoms with E-state index in [0.29, 0.717) is 5.02 Å². The summed E-state index contributed by atoms with van der Waals surface area (Å²) in [7, 11) is -4.14. The monoisotopic (exact) mass is 465 g/mol. The molecule has 3 rings (SSSR count). The average Bonchev–Trinajstić information content (AvgIpc) is 3.05. The number of sulfonamides is 1. The minimum absolute atomic E-state index is 0.00811. The fraction of sp³-hybridized carbons (Fsp3) is 0.118. The van der Waals surface area contributed by atoms with Gasteiger partial charge in [0.05, 0.1) is 27.9 Å². The Morgan fingerprint density at radius 3 is 2.34 bits per heavy atom. The van der Waals surface area contributed by atoms with Gasteiger partial charge in [0.2, 0.25) is 10.0 Å². The van der Waals surface area contributed by atoms with Gasteiger partial charge < -0.3 is 5.11 Å². The van der Waals surface area contributed by atoms with Gasteiger partial charge in [-0.15, -0.1) is 0 Å². The molecule has 3 N–H and O–H groups in total. The molecule has 0 radical (unpaired) electrons. The second-order valence-corrected chi connectivity index (χ2v) is 8.32. The zero-order chi connectivity index (χ0) is 21.6. The van der Waals surface area contributed by atoms with Crippen molar-refractivity contribution >= 4 is 33.2 Å². The van der Waals surface area contributed by atoms with Crippen LogP contribution in [0.25, 0.3) is 16.9 Å². The van der Waals surface area contributed by atoms with Crippen LogP contribution in [0.3, 0.4) is 0 Å². The summed E-state index contributed by atoms with van der Waals surface area (Å²) in [5.41, 5.74) is -0.994. The standard InChI is InChI=1S/C17H12Cl2F3N3O3S/c18-10-1-3-12(13(19)6-10)14-7-16(17(20,21)22)24-25(14)11-2-4-15(29(23,27)28)9(5-11)8-26/h1-7,26H,8H2,(H2,23,27,28). The molecule has 29 heavy (non-hydrogen) atoms. The van der Waals surface area contributed by atoms with E-state index in [9.17, 15) is 26.7 Å². The fourth-order valence-corrected chi connectivity index (χ4v) is 3.96. The van der Waals surface area contributed by atoms with Crippen molar-refractivity contribution in [1.29, 1.82) is 0 Å². The van der Waals surface area contributed by atoms with Gasteiger partial charge in [0.1, 0.15) is 0 Å². The van der Waals surface area contributed by atoms with E-state index in [1.54, 1.807) is 0 Å². The van der Waals surface area contributed by atoms with Crippen molar-refractivity contribution in [1.82, 2.24) is 9.78 Å². The molecular weight excluding hydrogens is 454 g/mol. The van der Waals surface area contributed by atoms with Crippen LogP contribution < -0.4 is 5.14 Å². The summed E-state index contributed by atoms with van der Waals surface area (Å²) in [5.74, 6) is 0. The third kappa shape index (κ3) is 4.41. The molecule has 0 atom stereocenters. The first-order valence-corrected chi connectivity index (χ1v) is 10.1. The number of halogens is 5. The van der Waals surface area contributed by atoms with E-state index >= 15 is 0 Å². The molecule has 0 aliphatic heterocycles. The molecular formula is C17H12Cl2F3N3O3S. The van der Waals surface area contributed by atoms with E-state index < -0.39 is 28.5 Å². The Hall–Kier alpha value is -2.11. The Labute approximate surface area is 173 Å². The second-order valence-electron chi connectivity index (χ2n) is 5.94. The minimum Gasteiger partial charge on any atom is -0.392 e. The molecule has 0 spiro atoms. The lowest BCUT2D eigenvalue weighted by Crippen LogP contribution is -2.15. The summed E-state index contributed by atoms with van der Waals surface area (Å²) in [4.78, 5) is -0.349. The molecule has 6 nitrogen and oxygen atoms in total. The van der Waals surface area contributed by atoms with Crippen molar-refractivity contribution in [2.75, 3.05) is 0 Å². The van der Waals surface area contributed by atoms with E-state index in [4.69, 9.17) is 28.3 Å². The van der Waals surface area contributed by atoms with E-state index in [1.807, 2.05) is 0 Å². The molecule has 0 bridgehead atoms. The first-order valence-electron chi connectivity index (χ1n) is 7.81. The molecule has 0 saturated carbocycles. The topological polar surface area (TPSA) is 98.2 Å². The largest absolute Gasteiger partial charge is 0.435 e. The Kier molecular flexibility index (Phi) is 5.67. The van der Waals surface area contributed by atoms with Gasteiger partial charge in [-0.1, -0.05) is 23.2 Å². The summed E-state index contributed by atoms with van der Waals surface area (Å²) < 4.78 is 64.0. The van der Waals surface area contributed by atoms with Gasteiger partial charge >= 0.3 is 6.18 Å². The molecule has 1 aromatic heterocycles. The van der Waals surface area contributed by atoms with Crippen molar-refractivity contribution in [3.63, 3.8) is 0 Å². The predicted molar refractivity (Wildman–Crippen MR) is 101 cm³/mol. The van der Waals surface area contributed by atoms with Crippen LogP contribution in [-0.4, -0.2) is 23.3 Å². The van der Waals surface area contributed by atoms with Gasteiger partial charge in [0.15, 0.2) is 5.69 Å². The molecule has 1 heterocycles. The van der Waals surface area contributed by atoms with Crippen LogP contribution in [0.15, 0.2) is 47.4 Å². The van der Waals surface area contributed by atoms with Gasteiger partial charge in [-0.3, -0.25) is 0 Å². The maximum Gasteiger partial charge on any atom is 0.435 e. The smallest absolute Gasteiger partial charge is 0.392 e. The van der Waals surface area contributed by atoms with Crippen LogP contribution >= 0.6 is 23.2 Å². The summed E-state index contributed by atoms with van der Waals surface area (Å²) in [5, 5.41) is 18.6. The molecule has 0 fully saturated rings. The van der Waals surface area contributed by atoms with Crippen LogP contribution in [0.1, 0.15) is 11.3 Å². The number of rotatable bonds is 4. The number of hydrogen-bond acceptors (Lipinski definition) is 4. The fourth-order valence-electron chi connectivity index (χ4n) is 2.70. The number of nitrogens with two attached hydrogens (primary N) is 1. The van der Waals surface area contributed by atoms with Crippen LogP contribution in [0.4, 0.5) is 13.2 Å². The number of nitrogens with zero attached hydrogens (tertiary/aromatic N) is 2.